The second-order valence-electron chi connectivity index (χ2n) is 4.69. The molecular weight excluding hydrogens is 224 g/mol. The Labute approximate surface area is 101 Å². The molecule has 0 saturated carbocycles. The van der Waals surface area contributed by atoms with E-state index in [9.17, 15) is 0 Å². The Balaban J connectivity index is 2.39. The van der Waals surface area contributed by atoms with Crippen molar-refractivity contribution in [1.82, 2.24) is 0 Å². The van der Waals surface area contributed by atoms with Gasteiger partial charge in [0, 0.05) is 6.54 Å². The van der Waals surface area contributed by atoms with Gasteiger partial charge in [-0.2, -0.15) is 0 Å². The summed E-state index contributed by atoms with van der Waals surface area (Å²) in [4.78, 5) is 2.26. The Morgan fingerprint density at radius 3 is 2.88 bits per heavy atom. The maximum Gasteiger partial charge on any atom is 0.0741 e. The molecule has 1 aromatic carbocycles. The highest BCUT2D eigenvalue weighted by Gasteiger charge is 2.31. The zero-order valence-corrected chi connectivity index (χ0v) is 10.4. The number of halogens is 1. The van der Waals surface area contributed by atoms with E-state index in [-0.39, 0.29) is 5.54 Å². The van der Waals surface area contributed by atoms with Crippen LogP contribution in [0.2, 0.25) is 5.02 Å². The van der Waals surface area contributed by atoms with Crippen molar-refractivity contribution >= 4 is 23.0 Å². The molecule has 1 aliphatic rings. The molecule has 0 aliphatic carbocycles. The van der Waals surface area contributed by atoms with Crippen LogP contribution < -0.4 is 10.6 Å². The quantitative estimate of drug-likeness (QED) is 0.767. The number of nitrogens with zero attached hydrogens (tertiary/aromatic N) is 1. The molecule has 0 spiro atoms. The van der Waals surface area contributed by atoms with E-state index in [1.54, 1.807) is 0 Å². The number of ether oxygens (including phenoxy) is 1. The van der Waals surface area contributed by atoms with Crippen LogP contribution in [0.1, 0.15) is 13.8 Å². The molecule has 1 heterocycles. The Morgan fingerprint density at radius 1 is 1.44 bits per heavy atom. The molecule has 16 heavy (non-hydrogen) atoms. The first kappa shape index (κ1) is 11.6. The highest BCUT2D eigenvalue weighted by molar-refractivity contribution is 6.33. The van der Waals surface area contributed by atoms with Crippen molar-refractivity contribution in [1.29, 1.82) is 0 Å². The number of rotatable bonds is 1. The number of nitrogen functional groups attached to an aromatic ring is 1. The van der Waals surface area contributed by atoms with Gasteiger partial charge in [-0.15, -0.1) is 0 Å². The summed E-state index contributed by atoms with van der Waals surface area (Å²) in [6, 6.07) is 5.75. The summed E-state index contributed by atoms with van der Waals surface area (Å²) in [6.45, 7) is 6.57. The third-order valence-corrected chi connectivity index (χ3v) is 3.30. The lowest BCUT2D eigenvalue weighted by Gasteiger charge is -2.44. The van der Waals surface area contributed by atoms with Crippen molar-refractivity contribution in [2.24, 2.45) is 0 Å². The average Bonchev–Trinajstić information content (AvgIpc) is 2.22. The number of morpholine rings is 1. The number of hydrogen-bond donors (Lipinski definition) is 1. The zero-order chi connectivity index (χ0) is 11.8. The van der Waals surface area contributed by atoms with E-state index < -0.39 is 0 Å². The largest absolute Gasteiger partial charge is 0.396 e. The third-order valence-electron chi connectivity index (χ3n) is 2.97. The van der Waals surface area contributed by atoms with Gasteiger partial charge in [0.15, 0.2) is 0 Å². The molecular formula is C12H17ClN2O. The molecule has 1 aromatic rings. The van der Waals surface area contributed by atoms with Crippen LogP contribution in [0, 0.1) is 0 Å². The van der Waals surface area contributed by atoms with Crippen LogP contribution in [-0.4, -0.2) is 25.3 Å². The third kappa shape index (κ3) is 1.97. The number of hydrogen-bond acceptors (Lipinski definition) is 3. The van der Waals surface area contributed by atoms with Crippen LogP contribution in [0.3, 0.4) is 0 Å². The molecule has 1 fully saturated rings. The Kier molecular flexibility index (Phi) is 3.00. The summed E-state index contributed by atoms with van der Waals surface area (Å²) < 4.78 is 5.49. The van der Waals surface area contributed by atoms with Gasteiger partial charge in [-0.1, -0.05) is 17.7 Å². The molecule has 2 rings (SSSR count). The van der Waals surface area contributed by atoms with Crippen LogP contribution in [0.15, 0.2) is 18.2 Å². The van der Waals surface area contributed by atoms with E-state index in [1.807, 2.05) is 18.2 Å². The second kappa shape index (κ2) is 4.15. The minimum atomic E-state index is -0.0446. The van der Waals surface area contributed by atoms with Gasteiger partial charge in [0.05, 0.1) is 35.2 Å². The molecule has 0 radical (unpaired) electrons. The number of nitrogens with two attached hydrogens (primary N) is 1. The first-order valence-electron chi connectivity index (χ1n) is 5.42. The first-order valence-corrected chi connectivity index (χ1v) is 5.79. The lowest BCUT2D eigenvalue weighted by Crippen LogP contribution is -2.53. The average molecular weight is 241 g/mol. The Morgan fingerprint density at radius 2 is 2.19 bits per heavy atom. The molecule has 0 unspecified atom stereocenters. The van der Waals surface area contributed by atoms with Gasteiger partial charge in [-0.3, -0.25) is 0 Å². The van der Waals surface area contributed by atoms with Gasteiger partial charge in [0.25, 0.3) is 0 Å². The molecule has 0 atom stereocenters. The van der Waals surface area contributed by atoms with Gasteiger partial charge in [-0.05, 0) is 26.0 Å². The SMILES string of the molecule is CC1(C)COCCN1c1cccc(Cl)c1N. The molecule has 1 saturated heterocycles. The van der Waals surface area contributed by atoms with Gasteiger partial charge >= 0.3 is 0 Å². The number of benzene rings is 1. The molecule has 0 bridgehead atoms. The molecule has 88 valence electrons. The summed E-state index contributed by atoms with van der Waals surface area (Å²) in [7, 11) is 0. The summed E-state index contributed by atoms with van der Waals surface area (Å²) in [6.07, 6.45) is 0. The van der Waals surface area contributed by atoms with E-state index >= 15 is 0 Å². The lowest BCUT2D eigenvalue weighted by atomic mass is 10.0. The number of para-hydroxylation sites is 1. The predicted molar refractivity (Wildman–Crippen MR) is 68.1 cm³/mol. The van der Waals surface area contributed by atoms with E-state index in [0.29, 0.717) is 17.3 Å². The van der Waals surface area contributed by atoms with Crippen molar-refractivity contribution in [2.45, 2.75) is 19.4 Å². The van der Waals surface area contributed by atoms with E-state index in [4.69, 9.17) is 22.1 Å². The summed E-state index contributed by atoms with van der Waals surface area (Å²) in [5.41, 5.74) is 7.63. The van der Waals surface area contributed by atoms with Crippen LogP contribution in [-0.2, 0) is 4.74 Å². The predicted octanol–water partition coefficient (Wildman–Crippen LogP) is 2.54. The van der Waals surface area contributed by atoms with Crippen molar-refractivity contribution in [3.05, 3.63) is 23.2 Å². The van der Waals surface area contributed by atoms with Crippen LogP contribution in [0.25, 0.3) is 0 Å². The fraction of sp³-hybridized carbons (Fsp3) is 0.500. The van der Waals surface area contributed by atoms with Crippen LogP contribution in [0.4, 0.5) is 11.4 Å². The van der Waals surface area contributed by atoms with E-state index in [2.05, 4.69) is 18.7 Å². The molecule has 4 heteroatoms. The minimum Gasteiger partial charge on any atom is -0.396 e. The summed E-state index contributed by atoms with van der Waals surface area (Å²) in [5.74, 6) is 0. The van der Waals surface area contributed by atoms with Gasteiger partial charge < -0.3 is 15.4 Å². The van der Waals surface area contributed by atoms with Crippen molar-refractivity contribution in [3.63, 3.8) is 0 Å². The minimum absolute atomic E-state index is 0.0446. The monoisotopic (exact) mass is 240 g/mol. The normalized spacial score (nSPS) is 19.8. The van der Waals surface area contributed by atoms with Gasteiger partial charge in [-0.25, -0.2) is 0 Å². The standard InChI is InChI=1S/C12H17ClN2O/c1-12(2)8-16-7-6-15(12)10-5-3-4-9(13)11(10)14/h3-5H,6-8,14H2,1-2H3. The highest BCUT2D eigenvalue weighted by Crippen LogP contribution is 2.35. The molecule has 2 N–H and O–H groups in total. The maximum absolute atomic E-state index is 6.04. The molecule has 0 aromatic heterocycles. The second-order valence-corrected chi connectivity index (χ2v) is 5.10. The topological polar surface area (TPSA) is 38.5 Å². The molecule has 3 nitrogen and oxygen atoms in total. The van der Waals surface area contributed by atoms with Gasteiger partial charge in [0.2, 0.25) is 0 Å². The van der Waals surface area contributed by atoms with E-state index in [1.165, 1.54) is 0 Å². The fourth-order valence-corrected chi connectivity index (χ4v) is 2.24. The Bertz CT molecular complexity index is 393. The summed E-state index contributed by atoms with van der Waals surface area (Å²) >= 11 is 6.04. The van der Waals surface area contributed by atoms with Crippen LogP contribution in [0.5, 0.6) is 0 Å². The van der Waals surface area contributed by atoms with Crippen LogP contribution >= 0.6 is 11.6 Å². The Hall–Kier alpha value is -0.930. The van der Waals surface area contributed by atoms with Gasteiger partial charge in [0.1, 0.15) is 0 Å². The van der Waals surface area contributed by atoms with E-state index in [0.717, 1.165) is 18.8 Å². The first-order chi connectivity index (χ1) is 7.52. The highest BCUT2D eigenvalue weighted by atomic mass is 35.5. The fourth-order valence-electron chi connectivity index (χ4n) is 2.07. The van der Waals surface area contributed by atoms with Crippen molar-refractivity contribution < 1.29 is 4.74 Å². The van der Waals surface area contributed by atoms with Crippen molar-refractivity contribution in [2.75, 3.05) is 30.4 Å². The molecule has 1 aliphatic heterocycles. The molecule has 0 amide bonds. The summed E-state index contributed by atoms with van der Waals surface area (Å²) in [5, 5.41) is 0.611. The van der Waals surface area contributed by atoms with Crippen molar-refractivity contribution in [3.8, 4) is 0 Å². The maximum atomic E-state index is 6.04. The smallest absolute Gasteiger partial charge is 0.0741 e. The number of anilines is 2. The zero-order valence-electron chi connectivity index (χ0n) is 9.66. The lowest BCUT2D eigenvalue weighted by molar-refractivity contribution is 0.0645.